The van der Waals surface area contributed by atoms with E-state index in [9.17, 15) is 14.3 Å². The Labute approximate surface area is 120 Å². The van der Waals surface area contributed by atoms with Crippen LogP contribution in [0, 0.1) is 12.7 Å². The van der Waals surface area contributed by atoms with E-state index < -0.39 is 5.97 Å². The van der Waals surface area contributed by atoms with Crippen LogP contribution in [0.3, 0.4) is 0 Å². The van der Waals surface area contributed by atoms with Crippen molar-refractivity contribution in [3.63, 3.8) is 0 Å². The van der Waals surface area contributed by atoms with E-state index in [0.29, 0.717) is 27.6 Å². The molecule has 4 heteroatoms. The average Bonchev–Trinajstić information content (AvgIpc) is 2.46. The monoisotopic (exact) mass is 281 g/mol. The molecule has 2 aromatic carbocycles. The Morgan fingerprint density at radius 1 is 1.19 bits per heavy atom. The number of aryl methyl sites for hydroxylation is 1. The largest absolute Gasteiger partial charge is 0.478 e. The zero-order valence-electron chi connectivity index (χ0n) is 11.3. The average molecular weight is 281 g/mol. The maximum Gasteiger partial charge on any atom is 0.336 e. The minimum absolute atomic E-state index is 0.207. The van der Waals surface area contributed by atoms with Gasteiger partial charge in [0, 0.05) is 17.1 Å². The number of nitrogens with zero attached hydrogens (tertiary/aromatic N) is 1. The Balaban J connectivity index is 2.31. The summed E-state index contributed by atoms with van der Waals surface area (Å²) in [4.78, 5) is 15.7. The molecule has 104 valence electrons. The van der Waals surface area contributed by atoms with Gasteiger partial charge >= 0.3 is 5.97 Å². The normalized spacial score (nSPS) is 10.8. The summed E-state index contributed by atoms with van der Waals surface area (Å²) in [5.74, 6) is -1.35. The quantitative estimate of drug-likeness (QED) is 0.771. The molecule has 1 heterocycles. The Bertz CT molecular complexity index is 859. The second-order valence-corrected chi connectivity index (χ2v) is 4.83. The van der Waals surface area contributed by atoms with E-state index in [1.165, 1.54) is 12.3 Å². The summed E-state index contributed by atoms with van der Waals surface area (Å²) in [6.45, 7) is 1.70. The fourth-order valence-corrected chi connectivity index (χ4v) is 2.44. The van der Waals surface area contributed by atoms with Crippen LogP contribution in [0.25, 0.3) is 22.0 Å². The summed E-state index contributed by atoms with van der Waals surface area (Å²) in [5.41, 5.74) is 2.45. The molecule has 21 heavy (non-hydrogen) atoms. The molecule has 3 aromatic rings. The van der Waals surface area contributed by atoms with Gasteiger partial charge in [0.05, 0.1) is 11.1 Å². The van der Waals surface area contributed by atoms with E-state index >= 15 is 0 Å². The van der Waals surface area contributed by atoms with Gasteiger partial charge in [-0.05, 0) is 36.2 Å². The predicted molar refractivity (Wildman–Crippen MR) is 78.8 cm³/mol. The topological polar surface area (TPSA) is 50.2 Å². The summed E-state index contributed by atoms with van der Waals surface area (Å²) in [7, 11) is 0. The summed E-state index contributed by atoms with van der Waals surface area (Å²) in [5, 5.41) is 9.89. The number of aromatic carboxylic acids is 1. The van der Waals surface area contributed by atoms with Crippen LogP contribution >= 0.6 is 0 Å². The molecule has 0 spiro atoms. The first-order valence-electron chi connectivity index (χ1n) is 6.45. The molecule has 0 aliphatic rings. The van der Waals surface area contributed by atoms with Gasteiger partial charge in [-0.2, -0.15) is 0 Å². The van der Waals surface area contributed by atoms with Crippen LogP contribution in [0.15, 0.2) is 48.7 Å². The number of carboxylic acids is 1. The number of hydrogen-bond donors (Lipinski definition) is 1. The molecule has 3 rings (SSSR count). The molecule has 0 unspecified atom stereocenters. The SMILES string of the molecule is Cc1cnc2ccc(-c3ccccc3F)cc2c1C(=O)O. The van der Waals surface area contributed by atoms with Gasteiger partial charge in [-0.15, -0.1) is 0 Å². The number of aromatic nitrogens is 1. The van der Waals surface area contributed by atoms with Gasteiger partial charge in [0.25, 0.3) is 0 Å². The molecule has 0 radical (unpaired) electrons. The molecule has 0 saturated heterocycles. The second kappa shape index (κ2) is 4.98. The van der Waals surface area contributed by atoms with Crippen LogP contribution in [0.1, 0.15) is 15.9 Å². The van der Waals surface area contributed by atoms with Crippen LogP contribution < -0.4 is 0 Å². The third-order valence-electron chi connectivity index (χ3n) is 3.46. The Morgan fingerprint density at radius 2 is 1.95 bits per heavy atom. The highest BCUT2D eigenvalue weighted by Crippen LogP contribution is 2.28. The molecule has 1 aromatic heterocycles. The predicted octanol–water partition coefficient (Wildman–Crippen LogP) is 4.05. The maximum absolute atomic E-state index is 13.9. The van der Waals surface area contributed by atoms with Crippen molar-refractivity contribution in [3.05, 3.63) is 65.6 Å². The van der Waals surface area contributed by atoms with E-state index in [-0.39, 0.29) is 11.4 Å². The summed E-state index contributed by atoms with van der Waals surface area (Å²) >= 11 is 0. The lowest BCUT2D eigenvalue weighted by Gasteiger charge is -2.08. The highest BCUT2D eigenvalue weighted by molar-refractivity contribution is 6.04. The zero-order chi connectivity index (χ0) is 15.0. The number of carboxylic acid groups (broad SMARTS) is 1. The van der Waals surface area contributed by atoms with Crippen molar-refractivity contribution in [2.45, 2.75) is 6.92 Å². The van der Waals surface area contributed by atoms with Crippen LogP contribution in [0.2, 0.25) is 0 Å². The van der Waals surface area contributed by atoms with Gasteiger partial charge in [0.1, 0.15) is 5.82 Å². The number of hydrogen-bond acceptors (Lipinski definition) is 2. The van der Waals surface area contributed by atoms with Gasteiger partial charge in [0.15, 0.2) is 0 Å². The minimum Gasteiger partial charge on any atom is -0.478 e. The number of halogens is 1. The fraction of sp³-hybridized carbons (Fsp3) is 0.0588. The first kappa shape index (κ1) is 13.2. The van der Waals surface area contributed by atoms with Gasteiger partial charge in [-0.25, -0.2) is 9.18 Å². The third kappa shape index (κ3) is 2.25. The van der Waals surface area contributed by atoms with Crippen molar-refractivity contribution in [1.29, 1.82) is 0 Å². The molecule has 0 fully saturated rings. The third-order valence-corrected chi connectivity index (χ3v) is 3.46. The smallest absolute Gasteiger partial charge is 0.336 e. The van der Waals surface area contributed by atoms with Crippen molar-refractivity contribution in [1.82, 2.24) is 4.98 Å². The molecule has 1 N–H and O–H groups in total. The second-order valence-electron chi connectivity index (χ2n) is 4.83. The number of fused-ring (bicyclic) bond motifs is 1. The Morgan fingerprint density at radius 3 is 2.67 bits per heavy atom. The van der Waals surface area contributed by atoms with Crippen LogP contribution in [0.5, 0.6) is 0 Å². The Kier molecular flexibility index (Phi) is 3.14. The van der Waals surface area contributed by atoms with Crippen LogP contribution in [-0.4, -0.2) is 16.1 Å². The lowest BCUT2D eigenvalue weighted by molar-refractivity contribution is 0.0698. The zero-order valence-corrected chi connectivity index (χ0v) is 11.3. The van der Waals surface area contributed by atoms with Crippen molar-refractivity contribution in [2.75, 3.05) is 0 Å². The molecule has 0 aliphatic carbocycles. The summed E-state index contributed by atoms with van der Waals surface area (Å²) in [6.07, 6.45) is 1.54. The summed E-state index contributed by atoms with van der Waals surface area (Å²) in [6, 6.07) is 11.5. The van der Waals surface area contributed by atoms with Crippen molar-refractivity contribution < 1.29 is 14.3 Å². The summed E-state index contributed by atoms with van der Waals surface area (Å²) < 4.78 is 13.9. The van der Waals surface area contributed by atoms with E-state index in [2.05, 4.69) is 4.98 Å². The van der Waals surface area contributed by atoms with E-state index in [1.54, 1.807) is 43.3 Å². The molecular weight excluding hydrogens is 269 g/mol. The molecule has 0 amide bonds. The van der Waals surface area contributed by atoms with Crippen LogP contribution in [0.4, 0.5) is 4.39 Å². The van der Waals surface area contributed by atoms with Crippen LogP contribution in [-0.2, 0) is 0 Å². The fourth-order valence-electron chi connectivity index (χ4n) is 2.44. The lowest BCUT2D eigenvalue weighted by Crippen LogP contribution is -2.02. The number of carbonyl (C=O) groups is 1. The van der Waals surface area contributed by atoms with Gasteiger partial charge in [-0.1, -0.05) is 24.3 Å². The maximum atomic E-state index is 13.9. The number of pyridine rings is 1. The first-order valence-corrected chi connectivity index (χ1v) is 6.45. The van der Waals surface area contributed by atoms with Gasteiger partial charge in [0.2, 0.25) is 0 Å². The Hall–Kier alpha value is -2.75. The van der Waals surface area contributed by atoms with Gasteiger partial charge in [-0.3, -0.25) is 4.98 Å². The first-order chi connectivity index (χ1) is 10.1. The lowest BCUT2D eigenvalue weighted by atomic mass is 9.98. The number of rotatable bonds is 2. The van der Waals surface area contributed by atoms with Crippen molar-refractivity contribution >= 4 is 16.9 Å². The molecule has 3 nitrogen and oxygen atoms in total. The molecule has 0 aliphatic heterocycles. The standard InChI is InChI=1S/C17H12FNO2/c1-10-9-19-15-7-6-11(8-13(15)16(10)17(20)21)12-4-2-3-5-14(12)18/h2-9H,1H3,(H,20,21). The molecule has 0 saturated carbocycles. The molecule has 0 bridgehead atoms. The highest BCUT2D eigenvalue weighted by atomic mass is 19.1. The highest BCUT2D eigenvalue weighted by Gasteiger charge is 2.14. The van der Waals surface area contributed by atoms with Crippen molar-refractivity contribution in [3.8, 4) is 11.1 Å². The van der Waals surface area contributed by atoms with E-state index in [1.807, 2.05) is 0 Å². The van der Waals surface area contributed by atoms with E-state index in [4.69, 9.17) is 0 Å². The van der Waals surface area contributed by atoms with E-state index in [0.717, 1.165) is 0 Å². The molecular formula is C17H12FNO2. The molecule has 0 atom stereocenters. The minimum atomic E-state index is -1.01. The van der Waals surface area contributed by atoms with Gasteiger partial charge < -0.3 is 5.11 Å². The van der Waals surface area contributed by atoms with Crippen molar-refractivity contribution in [2.24, 2.45) is 0 Å². The number of benzene rings is 2.